The molecule has 0 aliphatic carbocycles. The predicted molar refractivity (Wildman–Crippen MR) is 128 cm³/mol. The number of aliphatic hydroxyl groups excluding tert-OH is 1. The smallest absolute Gasteiger partial charge is 0.312 e. The summed E-state index contributed by atoms with van der Waals surface area (Å²) >= 11 is 0. The lowest BCUT2D eigenvalue weighted by Crippen LogP contribution is -2.56. The van der Waals surface area contributed by atoms with Crippen LogP contribution in [0.1, 0.15) is 58.3 Å². The van der Waals surface area contributed by atoms with Gasteiger partial charge in [-0.25, -0.2) is 0 Å². The summed E-state index contributed by atoms with van der Waals surface area (Å²) in [5, 5.41) is 9.68. The molecule has 1 spiro atoms. The van der Waals surface area contributed by atoms with Gasteiger partial charge in [-0.15, -0.1) is 13.2 Å². The van der Waals surface area contributed by atoms with Gasteiger partial charge in [0.25, 0.3) is 0 Å². The number of fused-ring (bicyclic) bond motifs is 1. The van der Waals surface area contributed by atoms with E-state index in [1.165, 1.54) is 4.90 Å². The average molecular weight is 477 g/mol. The Bertz CT molecular complexity index is 770. The predicted octanol–water partition coefficient (Wildman–Crippen LogP) is 2.46. The van der Waals surface area contributed by atoms with Crippen molar-refractivity contribution in [3.8, 4) is 0 Å². The first-order valence-electron chi connectivity index (χ1n) is 12.7. The zero-order chi connectivity index (χ0) is 24.7. The zero-order valence-electron chi connectivity index (χ0n) is 20.5. The van der Waals surface area contributed by atoms with Crippen molar-refractivity contribution >= 4 is 17.8 Å². The second-order valence-electron chi connectivity index (χ2n) is 9.54. The number of carbonyl (C=O) groups is 3. The number of likely N-dealkylation sites (tertiary alicyclic amines) is 1. The number of allylic oxidation sites excluding steroid dienone is 1. The summed E-state index contributed by atoms with van der Waals surface area (Å²) in [5.41, 5.74) is -1.05. The van der Waals surface area contributed by atoms with Crippen molar-refractivity contribution in [2.24, 2.45) is 11.8 Å². The molecule has 0 aromatic heterocycles. The van der Waals surface area contributed by atoms with E-state index in [0.717, 1.165) is 38.5 Å². The van der Waals surface area contributed by atoms with E-state index in [0.29, 0.717) is 25.9 Å². The highest BCUT2D eigenvalue weighted by Gasteiger charge is 2.75. The zero-order valence-corrected chi connectivity index (χ0v) is 20.5. The fourth-order valence-corrected chi connectivity index (χ4v) is 5.88. The van der Waals surface area contributed by atoms with Crippen LogP contribution in [0.15, 0.2) is 25.3 Å². The molecular formula is C26H40N2O6. The molecule has 3 saturated heterocycles. The first-order valence-corrected chi connectivity index (χ1v) is 12.7. The third-order valence-electron chi connectivity index (χ3n) is 7.39. The highest BCUT2D eigenvalue weighted by atomic mass is 16.6. The largest absolute Gasteiger partial charge is 0.465 e. The van der Waals surface area contributed by atoms with Crippen LogP contribution in [-0.4, -0.2) is 83.3 Å². The highest BCUT2D eigenvalue weighted by molar-refractivity contribution is 5.98. The van der Waals surface area contributed by atoms with Gasteiger partial charge in [-0.2, -0.15) is 0 Å². The van der Waals surface area contributed by atoms with Gasteiger partial charge < -0.3 is 24.4 Å². The molecule has 3 heterocycles. The Labute approximate surface area is 202 Å². The molecule has 0 radical (unpaired) electrons. The van der Waals surface area contributed by atoms with Gasteiger partial charge in [0.1, 0.15) is 11.6 Å². The van der Waals surface area contributed by atoms with E-state index in [1.54, 1.807) is 11.0 Å². The van der Waals surface area contributed by atoms with Gasteiger partial charge in [0.15, 0.2) is 0 Å². The summed E-state index contributed by atoms with van der Waals surface area (Å²) in [6.45, 7) is 10.6. The van der Waals surface area contributed by atoms with Gasteiger partial charge in [-0.05, 0) is 38.5 Å². The molecule has 5 atom stereocenters. The van der Waals surface area contributed by atoms with Crippen LogP contribution in [0, 0.1) is 11.8 Å². The van der Waals surface area contributed by atoms with Crippen LogP contribution in [0.3, 0.4) is 0 Å². The van der Waals surface area contributed by atoms with Crippen LogP contribution in [0.2, 0.25) is 0 Å². The summed E-state index contributed by atoms with van der Waals surface area (Å²) in [7, 11) is 0. The normalized spacial score (nSPS) is 29.2. The van der Waals surface area contributed by atoms with E-state index < -0.39 is 35.6 Å². The SMILES string of the molecule is C=CCCCCOC(=O)[C@@H]1[C@@H]2CCC3(O2)C(C(=O)N(CC=C)CCCCC)N(CCO)C(=O)[C@H]13. The monoisotopic (exact) mass is 476 g/mol. The van der Waals surface area contributed by atoms with Gasteiger partial charge in [0.05, 0.1) is 31.2 Å². The van der Waals surface area contributed by atoms with Crippen LogP contribution in [0.25, 0.3) is 0 Å². The second kappa shape index (κ2) is 12.0. The molecule has 2 amide bonds. The molecule has 3 aliphatic rings. The number of β-amino-alcohol motifs (C(OH)–C–C–N with tert-alkyl or cyclic N) is 1. The minimum Gasteiger partial charge on any atom is -0.465 e. The molecule has 2 unspecified atom stereocenters. The van der Waals surface area contributed by atoms with Crippen molar-refractivity contribution < 1.29 is 29.0 Å². The lowest BCUT2D eigenvalue weighted by molar-refractivity contribution is -0.155. The Morgan fingerprint density at radius 3 is 2.74 bits per heavy atom. The Morgan fingerprint density at radius 1 is 1.26 bits per heavy atom. The topological polar surface area (TPSA) is 96.4 Å². The Morgan fingerprint density at radius 2 is 2.06 bits per heavy atom. The molecule has 3 aliphatic heterocycles. The van der Waals surface area contributed by atoms with Crippen LogP contribution >= 0.6 is 0 Å². The number of unbranched alkanes of at least 4 members (excludes halogenated alkanes) is 4. The number of hydrogen-bond acceptors (Lipinski definition) is 6. The van der Waals surface area contributed by atoms with E-state index in [9.17, 15) is 19.5 Å². The standard InChI is InChI=1S/C26H40N2O6/c1-4-7-9-11-18-33-25(32)20-19-12-13-26(34-19)21(20)23(30)28(16-17-29)22(26)24(31)27(14-6-3)15-10-8-5-2/h4,6,19-22,29H,1,3,5,7-18H2,2H3/t19-,20+,21-,22?,26?/m0/s1. The Kier molecular flexibility index (Phi) is 9.31. The molecule has 8 heteroatoms. The maximum atomic E-state index is 13.8. The van der Waals surface area contributed by atoms with E-state index in [1.807, 2.05) is 6.08 Å². The minimum absolute atomic E-state index is 0.0295. The molecule has 1 N–H and O–H groups in total. The number of aliphatic hydroxyl groups is 1. The average Bonchev–Trinajstić information content (AvgIpc) is 3.46. The van der Waals surface area contributed by atoms with Crippen molar-refractivity contribution in [2.45, 2.75) is 76.0 Å². The molecule has 0 saturated carbocycles. The molecule has 0 aromatic rings. The van der Waals surface area contributed by atoms with Crippen molar-refractivity contribution in [1.29, 1.82) is 0 Å². The number of hydrogen-bond donors (Lipinski definition) is 1. The molecule has 3 fully saturated rings. The Balaban J connectivity index is 1.83. The van der Waals surface area contributed by atoms with Crippen LogP contribution in [-0.2, 0) is 23.9 Å². The molecule has 8 nitrogen and oxygen atoms in total. The Hall–Kier alpha value is -2.19. The molecule has 190 valence electrons. The maximum absolute atomic E-state index is 13.8. The van der Waals surface area contributed by atoms with Gasteiger partial charge >= 0.3 is 5.97 Å². The van der Waals surface area contributed by atoms with Crippen LogP contribution < -0.4 is 0 Å². The van der Waals surface area contributed by atoms with E-state index in [4.69, 9.17) is 9.47 Å². The van der Waals surface area contributed by atoms with Gasteiger partial charge in [-0.1, -0.05) is 31.9 Å². The van der Waals surface area contributed by atoms with Crippen molar-refractivity contribution in [3.63, 3.8) is 0 Å². The summed E-state index contributed by atoms with van der Waals surface area (Å²) in [6.07, 6.45) is 9.59. The minimum atomic E-state index is -1.05. The first kappa shape index (κ1) is 26.4. The summed E-state index contributed by atoms with van der Waals surface area (Å²) in [6, 6.07) is -0.853. The van der Waals surface area contributed by atoms with Crippen molar-refractivity contribution in [3.05, 3.63) is 25.3 Å². The molecule has 2 bridgehead atoms. The fourth-order valence-electron chi connectivity index (χ4n) is 5.88. The summed E-state index contributed by atoms with van der Waals surface area (Å²) in [5.74, 6) is -2.39. The molecular weight excluding hydrogens is 436 g/mol. The summed E-state index contributed by atoms with van der Waals surface area (Å²) in [4.78, 5) is 43.6. The summed E-state index contributed by atoms with van der Waals surface area (Å²) < 4.78 is 11.9. The van der Waals surface area contributed by atoms with E-state index in [-0.39, 0.29) is 31.6 Å². The number of nitrogens with zero attached hydrogens (tertiary/aromatic N) is 2. The number of carbonyl (C=O) groups excluding carboxylic acids is 3. The number of amides is 2. The fraction of sp³-hybridized carbons (Fsp3) is 0.731. The number of ether oxygens (including phenoxy) is 2. The van der Waals surface area contributed by atoms with E-state index in [2.05, 4.69) is 20.1 Å². The van der Waals surface area contributed by atoms with Crippen LogP contribution in [0.5, 0.6) is 0 Å². The number of esters is 1. The lowest BCUT2D eigenvalue weighted by Gasteiger charge is -2.36. The third kappa shape index (κ3) is 4.93. The van der Waals surface area contributed by atoms with Gasteiger partial charge in [-0.3, -0.25) is 14.4 Å². The van der Waals surface area contributed by atoms with Crippen molar-refractivity contribution in [1.82, 2.24) is 9.80 Å². The van der Waals surface area contributed by atoms with Gasteiger partial charge in [0, 0.05) is 19.6 Å². The van der Waals surface area contributed by atoms with Crippen molar-refractivity contribution in [2.75, 3.05) is 32.8 Å². The quantitative estimate of drug-likeness (QED) is 0.222. The van der Waals surface area contributed by atoms with Crippen LogP contribution in [0.4, 0.5) is 0 Å². The second-order valence-corrected chi connectivity index (χ2v) is 9.54. The highest BCUT2D eigenvalue weighted by Crippen LogP contribution is 2.58. The first-order chi connectivity index (χ1) is 16.5. The number of rotatable bonds is 15. The van der Waals surface area contributed by atoms with E-state index >= 15 is 0 Å². The lowest BCUT2D eigenvalue weighted by atomic mass is 9.70. The van der Waals surface area contributed by atoms with Gasteiger partial charge in [0.2, 0.25) is 11.8 Å². The molecule has 0 aromatic carbocycles. The molecule has 3 rings (SSSR count). The molecule has 34 heavy (non-hydrogen) atoms. The maximum Gasteiger partial charge on any atom is 0.312 e. The third-order valence-corrected chi connectivity index (χ3v) is 7.39.